The maximum absolute atomic E-state index is 5.94. The molecule has 2 rings (SSSR count). The van der Waals surface area contributed by atoms with Crippen molar-refractivity contribution in [1.82, 2.24) is 0 Å². The normalized spacial score (nSPS) is 21.2. The summed E-state index contributed by atoms with van der Waals surface area (Å²) in [6.45, 7) is 5.20. The fourth-order valence-electron chi connectivity index (χ4n) is 2.07. The van der Waals surface area contributed by atoms with E-state index in [9.17, 15) is 0 Å². The van der Waals surface area contributed by atoms with Crippen molar-refractivity contribution in [3.8, 4) is 0 Å². The van der Waals surface area contributed by atoms with Gasteiger partial charge in [-0.05, 0) is 43.4 Å². The summed E-state index contributed by atoms with van der Waals surface area (Å²) in [7, 11) is 0. The molecule has 1 aliphatic carbocycles. The van der Waals surface area contributed by atoms with Gasteiger partial charge in [0.1, 0.15) is 0 Å². The predicted molar refractivity (Wildman–Crippen MR) is 72.6 cm³/mol. The van der Waals surface area contributed by atoms with Crippen LogP contribution in [-0.2, 0) is 0 Å². The quantitative estimate of drug-likeness (QED) is 0.889. The molecule has 1 fully saturated rings. The number of halogens is 1. The summed E-state index contributed by atoms with van der Waals surface area (Å²) in [5.41, 5.74) is 7.42. The van der Waals surface area contributed by atoms with Crippen LogP contribution in [0, 0.1) is 5.41 Å². The second-order valence-electron chi connectivity index (χ2n) is 5.23. The fraction of sp³-hybridized carbons (Fsp3) is 0.538. The van der Waals surface area contributed by atoms with Crippen molar-refractivity contribution in [3.05, 3.63) is 28.7 Å². The van der Waals surface area contributed by atoms with E-state index in [0.29, 0.717) is 12.0 Å². The highest BCUT2D eigenvalue weighted by atomic mass is 79.9. The van der Waals surface area contributed by atoms with Gasteiger partial charge in [0.15, 0.2) is 0 Å². The van der Waals surface area contributed by atoms with Crippen LogP contribution in [0.2, 0.25) is 0 Å². The van der Waals surface area contributed by atoms with Gasteiger partial charge < -0.3 is 11.1 Å². The van der Waals surface area contributed by atoms with E-state index in [0.717, 1.165) is 10.2 Å². The molecule has 0 saturated heterocycles. The second-order valence-corrected chi connectivity index (χ2v) is 6.15. The molecule has 88 valence electrons. The van der Waals surface area contributed by atoms with E-state index in [-0.39, 0.29) is 5.54 Å². The molecular weight excluding hydrogens is 264 g/mol. The monoisotopic (exact) mass is 282 g/mol. The molecule has 0 spiro atoms. The minimum absolute atomic E-state index is 0.00616. The van der Waals surface area contributed by atoms with E-state index in [1.807, 2.05) is 12.1 Å². The molecule has 3 heteroatoms. The maximum Gasteiger partial charge on any atom is 0.0521 e. The van der Waals surface area contributed by atoms with Crippen LogP contribution in [0.4, 0.5) is 5.69 Å². The van der Waals surface area contributed by atoms with Gasteiger partial charge in [-0.3, -0.25) is 0 Å². The van der Waals surface area contributed by atoms with Crippen LogP contribution in [0.1, 0.15) is 26.7 Å². The zero-order valence-electron chi connectivity index (χ0n) is 9.89. The molecule has 0 aromatic heterocycles. The first kappa shape index (κ1) is 11.9. The summed E-state index contributed by atoms with van der Waals surface area (Å²) >= 11 is 3.49. The van der Waals surface area contributed by atoms with Crippen LogP contribution in [0.3, 0.4) is 0 Å². The average Bonchev–Trinajstić information content (AvgIpc) is 2.98. The highest BCUT2D eigenvalue weighted by molar-refractivity contribution is 9.10. The topological polar surface area (TPSA) is 38.0 Å². The third-order valence-corrected chi connectivity index (χ3v) is 4.48. The molecule has 2 nitrogen and oxygen atoms in total. The van der Waals surface area contributed by atoms with Crippen LogP contribution in [0.25, 0.3) is 0 Å². The highest BCUT2D eigenvalue weighted by Gasteiger charge is 2.52. The Hall–Kier alpha value is -0.540. The van der Waals surface area contributed by atoms with E-state index in [2.05, 4.69) is 47.2 Å². The van der Waals surface area contributed by atoms with Crippen LogP contribution < -0.4 is 11.1 Å². The van der Waals surface area contributed by atoms with Crippen molar-refractivity contribution in [2.45, 2.75) is 32.2 Å². The lowest BCUT2D eigenvalue weighted by Gasteiger charge is -2.37. The van der Waals surface area contributed by atoms with Gasteiger partial charge in [0.05, 0.1) is 5.54 Å². The number of anilines is 1. The lowest BCUT2D eigenvalue weighted by atomic mass is 9.83. The highest BCUT2D eigenvalue weighted by Crippen LogP contribution is 2.54. The lowest BCUT2D eigenvalue weighted by molar-refractivity contribution is 0.333. The molecule has 1 unspecified atom stereocenters. The third-order valence-electron chi connectivity index (χ3n) is 3.99. The van der Waals surface area contributed by atoms with Gasteiger partial charge in [-0.25, -0.2) is 0 Å². The zero-order valence-corrected chi connectivity index (χ0v) is 11.5. The van der Waals surface area contributed by atoms with Gasteiger partial charge >= 0.3 is 0 Å². The number of benzene rings is 1. The summed E-state index contributed by atoms with van der Waals surface area (Å²) < 4.78 is 1.10. The standard InChI is InChI=1S/C13H19BrN2/c1-12(6-7-12)13(2,9-15)16-11-5-3-4-10(14)8-11/h3-5,8,16H,6-7,9,15H2,1-2H3. The molecule has 0 aliphatic heterocycles. The zero-order chi connectivity index (χ0) is 11.8. The van der Waals surface area contributed by atoms with E-state index in [4.69, 9.17) is 5.73 Å². The van der Waals surface area contributed by atoms with Crippen LogP contribution in [-0.4, -0.2) is 12.1 Å². The molecule has 1 aromatic carbocycles. The van der Waals surface area contributed by atoms with Crippen molar-refractivity contribution >= 4 is 21.6 Å². The number of rotatable bonds is 4. The number of nitrogens with two attached hydrogens (primary N) is 1. The van der Waals surface area contributed by atoms with Gasteiger partial charge in [-0.2, -0.15) is 0 Å². The maximum atomic E-state index is 5.94. The third kappa shape index (κ3) is 2.11. The molecule has 1 atom stereocenters. The van der Waals surface area contributed by atoms with E-state index >= 15 is 0 Å². The summed E-state index contributed by atoms with van der Waals surface area (Å²) in [4.78, 5) is 0. The van der Waals surface area contributed by atoms with Gasteiger partial charge in [0.25, 0.3) is 0 Å². The van der Waals surface area contributed by atoms with Gasteiger partial charge in [0.2, 0.25) is 0 Å². The average molecular weight is 283 g/mol. The molecule has 16 heavy (non-hydrogen) atoms. The number of hydrogen-bond acceptors (Lipinski definition) is 2. The number of hydrogen-bond donors (Lipinski definition) is 2. The minimum Gasteiger partial charge on any atom is -0.378 e. The van der Waals surface area contributed by atoms with Crippen molar-refractivity contribution in [2.75, 3.05) is 11.9 Å². The smallest absolute Gasteiger partial charge is 0.0521 e. The number of nitrogens with one attached hydrogen (secondary N) is 1. The fourth-order valence-corrected chi connectivity index (χ4v) is 2.47. The Kier molecular flexibility index (Phi) is 3.01. The lowest BCUT2D eigenvalue weighted by Crippen LogP contribution is -2.49. The van der Waals surface area contributed by atoms with Crippen molar-refractivity contribution in [3.63, 3.8) is 0 Å². The van der Waals surface area contributed by atoms with Crippen LogP contribution in [0.5, 0.6) is 0 Å². The summed E-state index contributed by atoms with van der Waals surface area (Å²) in [5.74, 6) is 0. The Morgan fingerprint density at radius 1 is 1.50 bits per heavy atom. The summed E-state index contributed by atoms with van der Waals surface area (Å²) in [6, 6.07) is 8.26. The Morgan fingerprint density at radius 3 is 2.69 bits per heavy atom. The first-order valence-electron chi connectivity index (χ1n) is 5.73. The van der Waals surface area contributed by atoms with E-state index < -0.39 is 0 Å². The Bertz CT molecular complexity index is 387. The largest absolute Gasteiger partial charge is 0.378 e. The Morgan fingerprint density at radius 2 is 2.19 bits per heavy atom. The first-order valence-corrected chi connectivity index (χ1v) is 6.52. The van der Waals surface area contributed by atoms with Crippen LogP contribution in [0.15, 0.2) is 28.7 Å². The van der Waals surface area contributed by atoms with Gasteiger partial charge in [0, 0.05) is 16.7 Å². The molecule has 0 heterocycles. The SMILES string of the molecule is CC1(C(C)(CN)Nc2cccc(Br)c2)CC1. The molecule has 1 saturated carbocycles. The molecule has 0 radical (unpaired) electrons. The molecule has 0 amide bonds. The first-order chi connectivity index (χ1) is 7.49. The van der Waals surface area contributed by atoms with Crippen molar-refractivity contribution in [1.29, 1.82) is 0 Å². The Labute approximate surface area is 106 Å². The molecular formula is C13H19BrN2. The van der Waals surface area contributed by atoms with E-state index in [1.165, 1.54) is 12.8 Å². The van der Waals surface area contributed by atoms with Crippen molar-refractivity contribution < 1.29 is 0 Å². The molecule has 1 aromatic rings. The van der Waals surface area contributed by atoms with E-state index in [1.54, 1.807) is 0 Å². The second kappa shape index (κ2) is 4.04. The Balaban J connectivity index is 2.19. The van der Waals surface area contributed by atoms with Gasteiger partial charge in [-0.15, -0.1) is 0 Å². The molecule has 0 bridgehead atoms. The predicted octanol–water partition coefficient (Wildman–Crippen LogP) is 3.38. The summed E-state index contributed by atoms with van der Waals surface area (Å²) in [5, 5.41) is 3.59. The molecule has 1 aliphatic rings. The van der Waals surface area contributed by atoms with Crippen LogP contribution >= 0.6 is 15.9 Å². The minimum atomic E-state index is -0.00616. The summed E-state index contributed by atoms with van der Waals surface area (Å²) in [6.07, 6.45) is 2.53. The van der Waals surface area contributed by atoms with Crippen molar-refractivity contribution in [2.24, 2.45) is 11.1 Å². The molecule has 3 N–H and O–H groups in total. The van der Waals surface area contributed by atoms with Gasteiger partial charge in [-0.1, -0.05) is 28.9 Å².